The number of aromatic nitrogens is 2. The van der Waals surface area contributed by atoms with E-state index in [2.05, 4.69) is 20.2 Å². The number of nitrogens with one attached hydrogen (secondary N) is 1. The zero-order valence-corrected chi connectivity index (χ0v) is 12.1. The molecule has 1 aromatic rings. The number of nitrogens with zero attached hydrogens (tertiary/aromatic N) is 3. The molecule has 1 N–H and O–H groups in total. The van der Waals surface area contributed by atoms with Gasteiger partial charge in [0.2, 0.25) is 0 Å². The predicted octanol–water partition coefficient (Wildman–Crippen LogP) is 1.83. The van der Waals surface area contributed by atoms with Crippen LogP contribution in [0.1, 0.15) is 33.1 Å². The molecule has 1 aliphatic rings. The zero-order valence-electron chi connectivity index (χ0n) is 12.1. The van der Waals surface area contributed by atoms with Crippen LogP contribution in [0.25, 0.3) is 0 Å². The fraction of sp³-hybridized carbons (Fsp3) is 0.643. The van der Waals surface area contributed by atoms with Gasteiger partial charge in [-0.05, 0) is 26.2 Å². The Bertz CT molecular complexity index is 447. The second kappa shape index (κ2) is 7.19. The van der Waals surface area contributed by atoms with Gasteiger partial charge in [-0.2, -0.15) is 0 Å². The third-order valence-corrected chi connectivity index (χ3v) is 3.44. The van der Waals surface area contributed by atoms with Gasteiger partial charge in [-0.25, -0.2) is 9.97 Å². The summed E-state index contributed by atoms with van der Waals surface area (Å²) in [6.45, 7) is 5.99. The van der Waals surface area contributed by atoms with Gasteiger partial charge in [0.05, 0.1) is 12.3 Å². The minimum atomic E-state index is -0.166. The van der Waals surface area contributed by atoms with E-state index in [9.17, 15) is 4.79 Å². The Morgan fingerprint density at radius 2 is 2.25 bits per heavy atom. The number of carbonyl (C=O) groups is 1. The number of hydrogen-bond donors (Lipinski definition) is 1. The van der Waals surface area contributed by atoms with Crippen molar-refractivity contribution in [3.63, 3.8) is 0 Å². The van der Waals surface area contributed by atoms with Gasteiger partial charge < -0.3 is 15.0 Å². The van der Waals surface area contributed by atoms with Crippen LogP contribution in [-0.2, 0) is 9.53 Å². The molecular formula is C14H22N4O2. The summed E-state index contributed by atoms with van der Waals surface area (Å²) < 4.78 is 5.42. The number of amides is 1. The Balaban J connectivity index is 1.96. The van der Waals surface area contributed by atoms with E-state index < -0.39 is 0 Å². The SMILES string of the molecule is CC[C@@H](C)OCC(=O)Nc1cncnc1N1CCCC1. The van der Waals surface area contributed by atoms with Crippen molar-refractivity contribution in [1.29, 1.82) is 0 Å². The minimum Gasteiger partial charge on any atom is -0.369 e. The van der Waals surface area contributed by atoms with Gasteiger partial charge in [-0.1, -0.05) is 6.92 Å². The molecule has 0 aliphatic carbocycles. The smallest absolute Gasteiger partial charge is 0.250 e. The van der Waals surface area contributed by atoms with Gasteiger partial charge >= 0.3 is 0 Å². The van der Waals surface area contributed by atoms with Crippen LogP contribution in [0.4, 0.5) is 11.5 Å². The van der Waals surface area contributed by atoms with E-state index in [4.69, 9.17) is 4.74 Å². The second-order valence-corrected chi connectivity index (χ2v) is 5.03. The summed E-state index contributed by atoms with van der Waals surface area (Å²) in [5.41, 5.74) is 0.659. The molecule has 0 spiro atoms. The van der Waals surface area contributed by atoms with Gasteiger partial charge in [0.15, 0.2) is 5.82 Å². The van der Waals surface area contributed by atoms with E-state index in [-0.39, 0.29) is 18.6 Å². The molecule has 1 aromatic heterocycles. The molecule has 2 rings (SSSR count). The van der Waals surface area contributed by atoms with E-state index in [1.54, 1.807) is 6.20 Å². The maximum atomic E-state index is 11.9. The number of anilines is 2. The molecule has 0 radical (unpaired) electrons. The van der Waals surface area contributed by atoms with E-state index >= 15 is 0 Å². The summed E-state index contributed by atoms with van der Waals surface area (Å²) >= 11 is 0. The first kappa shape index (κ1) is 14.7. The van der Waals surface area contributed by atoms with E-state index in [1.165, 1.54) is 6.33 Å². The van der Waals surface area contributed by atoms with Crippen molar-refractivity contribution >= 4 is 17.4 Å². The molecule has 6 heteroatoms. The molecule has 0 saturated carbocycles. The van der Waals surface area contributed by atoms with Crippen LogP contribution in [0.15, 0.2) is 12.5 Å². The molecule has 0 unspecified atom stereocenters. The summed E-state index contributed by atoms with van der Waals surface area (Å²) in [4.78, 5) is 22.3. The first-order valence-electron chi connectivity index (χ1n) is 7.17. The molecular weight excluding hydrogens is 256 g/mol. The molecule has 1 fully saturated rings. The summed E-state index contributed by atoms with van der Waals surface area (Å²) in [5.74, 6) is 0.634. The molecule has 1 amide bonds. The first-order valence-corrected chi connectivity index (χ1v) is 7.17. The fourth-order valence-electron chi connectivity index (χ4n) is 2.11. The minimum absolute atomic E-state index is 0.0589. The van der Waals surface area contributed by atoms with Crippen LogP contribution in [0, 0.1) is 0 Å². The van der Waals surface area contributed by atoms with Gasteiger partial charge in [-0.3, -0.25) is 4.79 Å². The maximum absolute atomic E-state index is 11.9. The van der Waals surface area contributed by atoms with Crippen molar-refractivity contribution < 1.29 is 9.53 Å². The Morgan fingerprint density at radius 1 is 1.50 bits per heavy atom. The molecule has 1 saturated heterocycles. The number of rotatable bonds is 6. The van der Waals surface area contributed by atoms with Crippen LogP contribution in [0.2, 0.25) is 0 Å². The highest BCUT2D eigenvalue weighted by atomic mass is 16.5. The standard InChI is InChI=1S/C14H22N4O2/c1-3-11(2)20-9-13(19)17-12-8-15-10-16-14(12)18-6-4-5-7-18/h8,10-11H,3-7,9H2,1-2H3,(H,17,19)/t11-/m1/s1. The molecule has 110 valence electrons. The Hall–Kier alpha value is -1.69. The molecule has 1 atom stereocenters. The Kier molecular flexibility index (Phi) is 5.29. The Labute approximate surface area is 119 Å². The van der Waals surface area contributed by atoms with Crippen LogP contribution in [-0.4, -0.2) is 41.7 Å². The number of hydrogen-bond acceptors (Lipinski definition) is 5. The van der Waals surface area contributed by atoms with Crippen LogP contribution in [0.3, 0.4) is 0 Å². The fourth-order valence-corrected chi connectivity index (χ4v) is 2.11. The highest BCUT2D eigenvalue weighted by Crippen LogP contribution is 2.25. The number of carbonyl (C=O) groups excluding carboxylic acids is 1. The summed E-state index contributed by atoms with van der Waals surface area (Å²) in [6.07, 6.45) is 6.45. The van der Waals surface area contributed by atoms with E-state index in [1.807, 2.05) is 13.8 Å². The molecule has 0 aromatic carbocycles. The summed E-state index contributed by atoms with van der Waals surface area (Å²) in [6, 6.07) is 0. The molecule has 2 heterocycles. The van der Waals surface area contributed by atoms with E-state index in [0.29, 0.717) is 5.69 Å². The average Bonchev–Trinajstić information content (AvgIpc) is 2.99. The summed E-state index contributed by atoms with van der Waals surface area (Å²) in [5, 5.41) is 2.84. The lowest BCUT2D eigenvalue weighted by atomic mass is 10.3. The first-order chi connectivity index (χ1) is 9.70. The van der Waals surface area contributed by atoms with Crippen molar-refractivity contribution in [2.45, 2.75) is 39.2 Å². The monoisotopic (exact) mass is 278 g/mol. The summed E-state index contributed by atoms with van der Waals surface area (Å²) in [7, 11) is 0. The molecule has 0 bridgehead atoms. The van der Waals surface area contributed by atoms with Crippen LogP contribution >= 0.6 is 0 Å². The van der Waals surface area contributed by atoms with Crippen LogP contribution in [0.5, 0.6) is 0 Å². The van der Waals surface area contributed by atoms with Crippen LogP contribution < -0.4 is 10.2 Å². The Morgan fingerprint density at radius 3 is 2.95 bits per heavy atom. The van der Waals surface area contributed by atoms with Crippen molar-refractivity contribution in [1.82, 2.24) is 9.97 Å². The lowest BCUT2D eigenvalue weighted by molar-refractivity contribution is -0.122. The largest absolute Gasteiger partial charge is 0.369 e. The number of ether oxygens (including phenoxy) is 1. The van der Waals surface area contributed by atoms with Crippen molar-refractivity contribution in [3.05, 3.63) is 12.5 Å². The third kappa shape index (κ3) is 3.90. The van der Waals surface area contributed by atoms with Crippen molar-refractivity contribution in [2.75, 3.05) is 29.9 Å². The van der Waals surface area contributed by atoms with Crippen molar-refractivity contribution in [2.24, 2.45) is 0 Å². The molecule has 1 aliphatic heterocycles. The van der Waals surface area contributed by atoms with Gasteiger partial charge in [0.25, 0.3) is 5.91 Å². The normalized spacial score (nSPS) is 16.2. The predicted molar refractivity (Wildman–Crippen MR) is 77.8 cm³/mol. The average molecular weight is 278 g/mol. The lowest BCUT2D eigenvalue weighted by Crippen LogP contribution is -2.25. The highest BCUT2D eigenvalue weighted by molar-refractivity contribution is 5.94. The molecule has 6 nitrogen and oxygen atoms in total. The zero-order chi connectivity index (χ0) is 14.4. The van der Waals surface area contributed by atoms with E-state index in [0.717, 1.165) is 38.2 Å². The van der Waals surface area contributed by atoms with Gasteiger partial charge in [-0.15, -0.1) is 0 Å². The topological polar surface area (TPSA) is 67.3 Å². The maximum Gasteiger partial charge on any atom is 0.250 e. The second-order valence-electron chi connectivity index (χ2n) is 5.03. The van der Waals surface area contributed by atoms with Gasteiger partial charge in [0.1, 0.15) is 18.6 Å². The molecule has 20 heavy (non-hydrogen) atoms. The third-order valence-electron chi connectivity index (χ3n) is 3.44. The van der Waals surface area contributed by atoms with Gasteiger partial charge in [0, 0.05) is 13.1 Å². The lowest BCUT2D eigenvalue weighted by Gasteiger charge is -2.19. The quantitative estimate of drug-likeness (QED) is 0.860. The highest BCUT2D eigenvalue weighted by Gasteiger charge is 2.18. The van der Waals surface area contributed by atoms with Crippen molar-refractivity contribution in [3.8, 4) is 0 Å².